The molecule has 1 aromatic heterocycles. The molecule has 0 atom stereocenters. The predicted octanol–water partition coefficient (Wildman–Crippen LogP) is 13.8. The molecule has 3 aliphatic carbocycles. The molecule has 0 amide bonds. The van der Waals surface area contributed by atoms with Crippen LogP contribution in [0.4, 0.5) is 0 Å². The Morgan fingerprint density at radius 1 is 0.295 bits per heavy atom. The quantitative estimate of drug-likeness (QED) is 0.175. The van der Waals surface area contributed by atoms with E-state index in [1.807, 2.05) is 0 Å². The number of rotatable bonds is 5. The molecule has 9 aromatic rings. The average Bonchev–Trinajstić information content (AvgIpc) is 3.84. The van der Waals surface area contributed by atoms with Crippen molar-refractivity contribution < 1.29 is 0 Å². The Morgan fingerprint density at radius 2 is 0.705 bits per heavy atom. The van der Waals surface area contributed by atoms with Crippen molar-refractivity contribution in [1.29, 1.82) is 0 Å². The van der Waals surface area contributed by atoms with E-state index in [0.717, 1.165) is 16.7 Å². The summed E-state index contributed by atoms with van der Waals surface area (Å²) in [4.78, 5) is 16.3. The lowest BCUT2D eigenvalue weighted by Gasteiger charge is -2.34. The van der Waals surface area contributed by atoms with Gasteiger partial charge in [0.2, 0.25) is 0 Å². The second kappa shape index (κ2) is 12.9. The van der Waals surface area contributed by atoms with Gasteiger partial charge in [-0.1, -0.05) is 204 Å². The Bertz CT molecular complexity index is 3210. The molecule has 0 saturated heterocycles. The Hall–Kier alpha value is -7.23. The van der Waals surface area contributed by atoms with Crippen LogP contribution in [0.2, 0.25) is 0 Å². The van der Waals surface area contributed by atoms with Gasteiger partial charge in [-0.3, -0.25) is 0 Å². The van der Waals surface area contributed by atoms with E-state index in [1.54, 1.807) is 0 Å². The van der Waals surface area contributed by atoms with E-state index in [-0.39, 0.29) is 10.8 Å². The lowest BCUT2D eigenvalue weighted by atomic mass is 9.67. The van der Waals surface area contributed by atoms with Crippen LogP contribution in [0, 0.1) is 0 Å². The maximum atomic E-state index is 5.48. The minimum atomic E-state index is -0.542. The van der Waals surface area contributed by atoms with Gasteiger partial charge in [0.25, 0.3) is 0 Å². The highest BCUT2D eigenvalue weighted by Crippen LogP contribution is 2.57. The molecule has 0 aliphatic heterocycles. The molecular formula is C58H43N3. The third-order valence-electron chi connectivity index (χ3n) is 14.0. The van der Waals surface area contributed by atoms with Crippen LogP contribution in [0.5, 0.6) is 0 Å². The summed E-state index contributed by atoms with van der Waals surface area (Å²) < 4.78 is 0. The molecule has 0 N–H and O–H groups in total. The van der Waals surface area contributed by atoms with Crippen LogP contribution in [0.1, 0.15) is 72.2 Å². The van der Waals surface area contributed by atoms with Gasteiger partial charge >= 0.3 is 0 Å². The van der Waals surface area contributed by atoms with Gasteiger partial charge in [0.15, 0.2) is 17.5 Å². The van der Waals surface area contributed by atoms with E-state index in [1.165, 1.54) is 77.9 Å². The van der Waals surface area contributed by atoms with Gasteiger partial charge in [0.05, 0.1) is 5.41 Å². The SMILES string of the molecule is CC1(C)c2ccccc2-c2ccc(-c3nc(-c4ccc5c(c4)C(c4ccccc4)(c4ccccc4)c4ccccc4-5)nc(-c4cccc5c4-c4ccccc4C5(C)C)n3)cc21. The van der Waals surface area contributed by atoms with Gasteiger partial charge in [-0.05, 0) is 90.0 Å². The molecule has 0 saturated carbocycles. The highest BCUT2D eigenvalue weighted by molar-refractivity contribution is 5.92. The second-order valence-corrected chi connectivity index (χ2v) is 17.9. The molecule has 1 heterocycles. The minimum absolute atomic E-state index is 0.158. The van der Waals surface area contributed by atoms with Crippen LogP contribution in [0.3, 0.4) is 0 Å². The maximum absolute atomic E-state index is 5.48. The molecule has 8 aromatic carbocycles. The van der Waals surface area contributed by atoms with Crippen LogP contribution < -0.4 is 0 Å². The first kappa shape index (κ1) is 35.7. The first-order valence-corrected chi connectivity index (χ1v) is 21.4. The Kier molecular flexibility index (Phi) is 7.54. The third kappa shape index (κ3) is 4.95. The number of nitrogens with zero attached hydrogens (tertiary/aromatic N) is 3. The second-order valence-electron chi connectivity index (χ2n) is 17.9. The van der Waals surface area contributed by atoms with E-state index in [4.69, 9.17) is 15.0 Å². The lowest BCUT2D eigenvalue weighted by Crippen LogP contribution is -2.28. The Balaban J connectivity index is 1.12. The molecule has 0 fully saturated rings. The summed E-state index contributed by atoms with van der Waals surface area (Å²) in [6, 6.07) is 68.7. The van der Waals surface area contributed by atoms with Crippen molar-refractivity contribution in [3.63, 3.8) is 0 Å². The summed E-state index contributed by atoms with van der Waals surface area (Å²) in [6.45, 7) is 9.30. The molecule has 290 valence electrons. The van der Waals surface area contributed by atoms with Crippen LogP contribution in [0.15, 0.2) is 188 Å². The van der Waals surface area contributed by atoms with Gasteiger partial charge in [-0.25, -0.2) is 15.0 Å². The van der Waals surface area contributed by atoms with E-state index in [0.29, 0.717) is 17.5 Å². The molecule has 3 aliphatic rings. The van der Waals surface area contributed by atoms with Crippen LogP contribution in [0.25, 0.3) is 67.5 Å². The first-order chi connectivity index (χ1) is 29.8. The smallest absolute Gasteiger partial charge is 0.164 e. The standard InChI is InChI=1S/C58H43N3/c1-56(2)47-27-15-13-24-44(47)52-45(25-17-29-49(52)56)55-60-53(36-30-32-42-40-22-11-14-26-46(40)57(3,4)50(42)34-36)59-54(61-55)37-31-33-43-41-23-12-16-28-48(41)58(51(43)35-37,38-18-7-5-8-19-38)39-20-9-6-10-21-39/h5-35H,1-4H3. The number of benzene rings is 8. The summed E-state index contributed by atoms with van der Waals surface area (Å²) in [7, 11) is 0. The number of hydrogen-bond donors (Lipinski definition) is 0. The molecular weight excluding hydrogens is 739 g/mol. The summed E-state index contributed by atoms with van der Waals surface area (Å²) in [5, 5.41) is 0. The molecule has 0 unspecified atom stereocenters. The Labute approximate surface area is 357 Å². The summed E-state index contributed by atoms with van der Waals surface area (Å²) in [5.41, 5.74) is 19.8. The first-order valence-electron chi connectivity index (χ1n) is 21.4. The van der Waals surface area contributed by atoms with Gasteiger partial charge in [0.1, 0.15) is 0 Å². The van der Waals surface area contributed by atoms with Crippen molar-refractivity contribution in [1.82, 2.24) is 15.0 Å². The summed E-state index contributed by atoms with van der Waals surface area (Å²) >= 11 is 0. The van der Waals surface area contributed by atoms with Crippen molar-refractivity contribution in [3.8, 4) is 67.5 Å². The normalized spacial score (nSPS) is 15.3. The van der Waals surface area contributed by atoms with Gasteiger partial charge < -0.3 is 0 Å². The fraction of sp³-hybridized carbons (Fsp3) is 0.121. The van der Waals surface area contributed by atoms with Crippen molar-refractivity contribution in [2.24, 2.45) is 0 Å². The molecule has 0 bridgehead atoms. The molecule has 61 heavy (non-hydrogen) atoms. The van der Waals surface area contributed by atoms with E-state index >= 15 is 0 Å². The van der Waals surface area contributed by atoms with Crippen molar-refractivity contribution in [3.05, 3.63) is 233 Å². The number of hydrogen-bond acceptors (Lipinski definition) is 3. The number of aromatic nitrogens is 3. The zero-order chi connectivity index (χ0) is 41.1. The summed E-state index contributed by atoms with van der Waals surface area (Å²) in [6.07, 6.45) is 0. The average molecular weight is 782 g/mol. The fourth-order valence-electron chi connectivity index (χ4n) is 11.1. The van der Waals surface area contributed by atoms with E-state index < -0.39 is 5.41 Å². The van der Waals surface area contributed by atoms with Gasteiger partial charge in [-0.2, -0.15) is 0 Å². The zero-order valence-corrected chi connectivity index (χ0v) is 34.7. The maximum Gasteiger partial charge on any atom is 0.164 e. The highest BCUT2D eigenvalue weighted by atomic mass is 15.0. The zero-order valence-electron chi connectivity index (χ0n) is 34.7. The van der Waals surface area contributed by atoms with Crippen molar-refractivity contribution >= 4 is 0 Å². The molecule has 0 spiro atoms. The van der Waals surface area contributed by atoms with Crippen LogP contribution in [-0.4, -0.2) is 15.0 Å². The van der Waals surface area contributed by atoms with E-state index in [2.05, 4.69) is 216 Å². The third-order valence-corrected chi connectivity index (χ3v) is 14.0. The molecule has 0 radical (unpaired) electrons. The van der Waals surface area contributed by atoms with Crippen molar-refractivity contribution in [2.75, 3.05) is 0 Å². The molecule has 3 nitrogen and oxygen atoms in total. The van der Waals surface area contributed by atoms with E-state index in [9.17, 15) is 0 Å². The lowest BCUT2D eigenvalue weighted by molar-refractivity contribution is 0.660. The summed E-state index contributed by atoms with van der Waals surface area (Å²) in [5.74, 6) is 1.99. The van der Waals surface area contributed by atoms with Gasteiger partial charge in [-0.15, -0.1) is 0 Å². The molecule has 3 heteroatoms. The van der Waals surface area contributed by atoms with Crippen molar-refractivity contribution in [2.45, 2.75) is 43.9 Å². The van der Waals surface area contributed by atoms with Gasteiger partial charge in [0, 0.05) is 27.5 Å². The van der Waals surface area contributed by atoms with Crippen LogP contribution in [-0.2, 0) is 16.2 Å². The molecule has 12 rings (SSSR count). The fourth-order valence-corrected chi connectivity index (χ4v) is 11.1. The Morgan fingerprint density at radius 3 is 1.33 bits per heavy atom. The minimum Gasteiger partial charge on any atom is -0.208 e. The topological polar surface area (TPSA) is 38.7 Å². The largest absolute Gasteiger partial charge is 0.208 e. The predicted molar refractivity (Wildman–Crippen MR) is 249 cm³/mol. The highest BCUT2D eigenvalue weighted by Gasteiger charge is 2.46. The van der Waals surface area contributed by atoms with Crippen LogP contribution >= 0.6 is 0 Å². The monoisotopic (exact) mass is 781 g/mol. The number of fused-ring (bicyclic) bond motifs is 9.